The minimum absolute atomic E-state index is 0.133. The quantitative estimate of drug-likeness (QED) is 0.702. The maximum atomic E-state index is 5.35. The van der Waals surface area contributed by atoms with E-state index in [2.05, 4.69) is 55.4 Å². The van der Waals surface area contributed by atoms with Crippen LogP contribution in [0, 0.1) is 0 Å². The van der Waals surface area contributed by atoms with Crippen molar-refractivity contribution in [2.45, 2.75) is 52.4 Å². The Morgan fingerprint density at radius 1 is 1.25 bits per heavy atom. The topological polar surface area (TPSA) is 9.23 Å². The number of hydrogen-bond acceptors (Lipinski definition) is 1. The van der Waals surface area contributed by atoms with Crippen LogP contribution in [0.2, 0.25) is 0 Å². The number of unbranched alkanes of at least 4 members (excludes halogenated alkanes) is 1. The lowest BCUT2D eigenvalue weighted by Gasteiger charge is -2.22. The fourth-order valence-corrected chi connectivity index (χ4v) is 2.01. The fraction of sp³-hybridized carbons (Fsp3) is 0.571. The molecule has 1 unspecified atom stereocenters. The second kappa shape index (κ2) is 5.68. The predicted octanol–water partition coefficient (Wildman–Crippen LogP) is 4.50. The van der Waals surface area contributed by atoms with Crippen molar-refractivity contribution in [1.29, 1.82) is 0 Å². The van der Waals surface area contributed by atoms with Crippen molar-refractivity contribution in [1.82, 2.24) is 0 Å². The average Bonchev–Trinajstić information content (AvgIpc) is 2.24. The van der Waals surface area contributed by atoms with Crippen LogP contribution >= 0.6 is 9.47 Å². The van der Waals surface area contributed by atoms with Gasteiger partial charge >= 0.3 is 0 Å². The molecule has 16 heavy (non-hydrogen) atoms. The molecular formula is C14H23OP. The van der Waals surface area contributed by atoms with Gasteiger partial charge in [0.25, 0.3) is 0 Å². The molecule has 0 aliphatic carbocycles. The van der Waals surface area contributed by atoms with Crippen molar-refractivity contribution in [3.8, 4) is 5.75 Å². The van der Waals surface area contributed by atoms with Crippen LogP contribution in [-0.4, -0.2) is 0 Å². The zero-order valence-electron chi connectivity index (χ0n) is 10.8. The van der Waals surface area contributed by atoms with Gasteiger partial charge in [0.2, 0.25) is 0 Å². The molecule has 0 amide bonds. The maximum absolute atomic E-state index is 5.35. The molecule has 1 nitrogen and oxygen atoms in total. The Bertz CT molecular complexity index is 339. The first kappa shape index (κ1) is 13.5. The van der Waals surface area contributed by atoms with Crippen LogP contribution in [-0.2, 0) is 11.8 Å². The summed E-state index contributed by atoms with van der Waals surface area (Å²) in [4.78, 5) is 0. The first-order valence-corrected chi connectivity index (χ1v) is 6.46. The minimum atomic E-state index is 0.133. The first-order valence-electron chi connectivity index (χ1n) is 5.99. The van der Waals surface area contributed by atoms with Gasteiger partial charge in [-0.25, -0.2) is 0 Å². The van der Waals surface area contributed by atoms with Crippen LogP contribution in [0.15, 0.2) is 18.2 Å². The van der Waals surface area contributed by atoms with Crippen LogP contribution in [0.25, 0.3) is 0 Å². The molecule has 0 radical (unpaired) electrons. The van der Waals surface area contributed by atoms with E-state index in [1.807, 2.05) is 0 Å². The Kier molecular flexibility index (Phi) is 4.80. The van der Waals surface area contributed by atoms with Crippen molar-refractivity contribution in [2.75, 3.05) is 0 Å². The molecule has 0 saturated carbocycles. The molecule has 1 atom stereocenters. The highest BCUT2D eigenvalue weighted by Crippen LogP contribution is 2.33. The summed E-state index contributed by atoms with van der Waals surface area (Å²) in [5, 5.41) is 0. The summed E-state index contributed by atoms with van der Waals surface area (Å²) in [6.07, 6.45) is 3.66. The van der Waals surface area contributed by atoms with E-state index in [0.29, 0.717) is 0 Å². The average molecular weight is 238 g/mol. The summed E-state index contributed by atoms with van der Waals surface area (Å²) >= 11 is 0. The molecule has 90 valence electrons. The molecule has 0 fully saturated rings. The van der Waals surface area contributed by atoms with Gasteiger partial charge in [0.05, 0.1) is 9.47 Å². The van der Waals surface area contributed by atoms with Crippen molar-refractivity contribution in [2.24, 2.45) is 0 Å². The summed E-state index contributed by atoms with van der Waals surface area (Å²) in [6, 6.07) is 6.54. The van der Waals surface area contributed by atoms with Crippen LogP contribution in [0.5, 0.6) is 5.75 Å². The third-order valence-corrected chi connectivity index (χ3v) is 3.05. The van der Waals surface area contributed by atoms with Gasteiger partial charge < -0.3 is 4.52 Å². The minimum Gasteiger partial charge on any atom is -0.480 e. The normalized spacial score (nSPS) is 11.6. The highest BCUT2D eigenvalue weighted by Gasteiger charge is 2.18. The Morgan fingerprint density at radius 2 is 1.94 bits per heavy atom. The molecule has 0 aromatic heterocycles. The molecule has 0 bridgehead atoms. The molecular weight excluding hydrogens is 215 g/mol. The SMILES string of the molecule is CCCCc1ccc(OP)c(C(C)(C)C)c1. The highest BCUT2D eigenvalue weighted by molar-refractivity contribution is 7.10. The monoisotopic (exact) mass is 238 g/mol. The standard InChI is InChI=1S/C14H23OP/c1-5-6-7-11-8-9-13(15-16)12(10-11)14(2,3)4/h8-10H,5-7,16H2,1-4H3. The smallest absolute Gasteiger partial charge is 0.126 e. The molecule has 0 heterocycles. The van der Waals surface area contributed by atoms with Gasteiger partial charge in [-0.2, -0.15) is 0 Å². The first-order chi connectivity index (χ1) is 7.49. The van der Waals surface area contributed by atoms with Crippen molar-refractivity contribution in [3.63, 3.8) is 0 Å². The van der Waals surface area contributed by atoms with Gasteiger partial charge in [-0.3, -0.25) is 0 Å². The molecule has 1 rings (SSSR count). The Morgan fingerprint density at radius 3 is 2.44 bits per heavy atom. The van der Waals surface area contributed by atoms with Crippen LogP contribution in [0.1, 0.15) is 51.7 Å². The van der Waals surface area contributed by atoms with E-state index in [1.165, 1.54) is 24.0 Å². The third-order valence-electron chi connectivity index (χ3n) is 2.80. The lowest BCUT2D eigenvalue weighted by atomic mass is 9.85. The molecule has 0 aliphatic rings. The zero-order valence-corrected chi connectivity index (χ0v) is 12.0. The van der Waals surface area contributed by atoms with Crippen LogP contribution in [0.4, 0.5) is 0 Å². The van der Waals surface area contributed by atoms with Crippen LogP contribution < -0.4 is 4.52 Å². The van der Waals surface area contributed by atoms with E-state index in [1.54, 1.807) is 0 Å². The Hall–Kier alpha value is -0.550. The molecule has 2 heteroatoms. The van der Waals surface area contributed by atoms with Gasteiger partial charge in [0, 0.05) is 5.56 Å². The Labute approximate surface area is 102 Å². The van der Waals surface area contributed by atoms with Crippen molar-refractivity contribution < 1.29 is 4.52 Å². The summed E-state index contributed by atoms with van der Waals surface area (Å²) in [6.45, 7) is 8.89. The number of hydrogen-bond donors (Lipinski definition) is 0. The maximum Gasteiger partial charge on any atom is 0.126 e. The number of benzene rings is 1. The summed E-state index contributed by atoms with van der Waals surface area (Å²) < 4.78 is 5.35. The molecule has 1 aromatic carbocycles. The number of aryl methyl sites for hydroxylation is 1. The van der Waals surface area contributed by atoms with E-state index in [4.69, 9.17) is 4.52 Å². The van der Waals surface area contributed by atoms with Crippen LogP contribution in [0.3, 0.4) is 0 Å². The predicted molar refractivity (Wildman–Crippen MR) is 74.1 cm³/mol. The molecule has 1 aromatic rings. The summed E-state index contributed by atoms with van der Waals surface area (Å²) in [7, 11) is 2.34. The second-order valence-electron chi connectivity index (χ2n) is 5.30. The van der Waals surface area contributed by atoms with Gasteiger partial charge in [-0.1, -0.05) is 46.2 Å². The van der Waals surface area contributed by atoms with Gasteiger partial charge in [0.15, 0.2) is 0 Å². The van der Waals surface area contributed by atoms with Gasteiger partial charge in [0.1, 0.15) is 5.75 Å². The van der Waals surface area contributed by atoms with E-state index >= 15 is 0 Å². The largest absolute Gasteiger partial charge is 0.480 e. The zero-order chi connectivity index (χ0) is 12.2. The van der Waals surface area contributed by atoms with Crippen molar-refractivity contribution >= 4 is 9.47 Å². The molecule has 0 saturated heterocycles. The van der Waals surface area contributed by atoms with Gasteiger partial charge in [-0.05, 0) is 29.9 Å². The summed E-state index contributed by atoms with van der Waals surface area (Å²) in [5.74, 6) is 0.970. The summed E-state index contributed by atoms with van der Waals surface area (Å²) in [5.41, 5.74) is 2.84. The molecule has 0 aliphatic heterocycles. The van der Waals surface area contributed by atoms with E-state index in [-0.39, 0.29) is 5.41 Å². The van der Waals surface area contributed by atoms with E-state index in [9.17, 15) is 0 Å². The van der Waals surface area contributed by atoms with Crippen molar-refractivity contribution in [3.05, 3.63) is 29.3 Å². The van der Waals surface area contributed by atoms with Gasteiger partial charge in [-0.15, -0.1) is 0 Å². The third kappa shape index (κ3) is 3.49. The Balaban J connectivity index is 3.02. The van der Waals surface area contributed by atoms with E-state index in [0.717, 1.165) is 12.2 Å². The fourth-order valence-electron chi connectivity index (χ4n) is 1.80. The highest BCUT2D eigenvalue weighted by atomic mass is 31.0. The molecule has 0 spiro atoms. The number of rotatable bonds is 4. The second-order valence-corrected chi connectivity index (χ2v) is 5.54. The lowest BCUT2D eigenvalue weighted by Crippen LogP contribution is -2.12. The molecule has 0 N–H and O–H groups in total. The van der Waals surface area contributed by atoms with E-state index < -0.39 is 0 Å². The lowest BCUT2D eigenvalue weighted by molar-refractivity contribution is 0.544.